The van der Waals surface area contributed by atoms with E-state index in [4.69, 9.17) is 4.74 Å². The molecule has 1 fully saturated rings. The van der Waals surface area contributed by atoms with Gasteiger partial charge in [-0.15, -0.1) is 0 Å². The minimum Gasteiger partial charge on any atom is -0.464 e. The molecule has 2 rings (SSSR count). The van der Waals surface area contributed by atoms with Crippen molar-refractivity contribution in [2.45, 2.75) is 83.9 Å². The molecule has 8 heteroatoms. The third-order valence-electron chi connectivity index (χ3n) is 5.61. The number of halogens is 2. The number of carbonyl (C=O) groups is 2. The molecule has 1 aromatic carbocycles. The van der Waals surface area contributed by atoms with Gasteiger partial charge in [-0.3, -0.25) is 14.9 Å². The molecule has 2 atom stereocenters. The molecule has 0 radical (unpaired) electrons. The summed E-state index contributed by atoms with van der Waals surface area (Å²) in [5, 5.41) is 16.7. The molecular weight excluding hydrogens is 418 g/mol. The zero-order valence-electron chi connectivity index (χ0n) is 19.5. The SMILES string of the molecule is CC(=O)NC(Cc1cc(F)cc(F)c1)C(O)CNC1(C(=O)OCC(C)(C)C)CCCCC1. The lowest BCUT2D eigenvalue weighted by atomic mass is 9.81. The van der Waals surface area contributed by atoms with Crippen LogP contribution >= 0.6 is 0 Å². The zero-order chi connectivity index (χ0) is 23.9. The highest BCUT2D eigenvalue weighted by atomic mass is 19.1. The van der Waals surface area contributed by atoms with Crippen molar-refractivity contribution in [2.24, 2.45) is 5.41 Å². The van der Waals surface area contributed by atoms with E-state index >= 15 is 0 Å². The standard InChI is InChI=1S/C24H36F2N2O4/c1-16(29)28-20(12-17-10-18(25)13-19(26)11-17)21(30)14-27-24(8-6-5-7-9-24)22(31)32-15-23(2,3)4/h10-11,13,20-21,27,30H,5-9,12,14-15H2,1-4H3,(H,28,29). The molecule has 0 bridgehead atoms. The first kappa shape index (κ1) is 26.2. The Bertz CT molecular complexity index is 768. The van der Waals surface area contributed by atoms with Gasteiger partial charge in [0, 0.05) is 19.5 Å². The molecule has 0 spiro atoms. The molecule has 0 aliphatic heterocycles. The number of ether oxygens (including phenoxy) is 1. The maximum absolute atomic E-state index is 13.6. The molecule has 2 unspecified atom stereocenters. The molecule has 32 heavy (non-hydrogen) atoms. The molecule has 0 heterocycles. The predicted octanol–water partition coefficient (Wildman–Crippen LogP) is 3.25. The van der Waals surface area contributed by atoms with Crippen LogP contribution in [0.2, 0.25) is 0 Å². The van der Waals surface area contributed by atoms with Crippen LogP contribution in [0.4, 0.5) is 8.78 Å². The molecule has 1 aliphatic rings. The van der Waals surface area contributed by atoms with Crippen LogP contribution in [-0.2, 0) is 20.7 Å². The maximum atomic E-state index is 13.6. The van der Waals surface area contributed by atoms with Gasteiger partial charge in [0.05, 0.1) is 18.8 Å². The van der Waals surface area contributed by atoms with E-state index in [9.17, 15) is 23.5 Å². The van der Waals surface area contributed by atoms with Crippen molar-refractivity contribution in [3.63, 3.8) is 0 Å². The van der Waals surface area contributed by atoms with Gasteiger partial charge >= 0.3 is 5.97 Å². The van der Waals surface area contributed by atoms with Crippen LogP contribution in [0.25, 0.3) is 0 Å². The lowest BCUT2D eigenvalue weighted by Crippen LogP contribution is -2.58. The van der Waals surface area contributed by atoms with Crippen LogP contribution in [0.1, 0.15) is 65.4 Å². The van der Waals surface area contributed by atoms with Gasteiger partial charge in [-0.25, -0.2) is 8.78 Å². The second-order valence-corrected chi connectivity index (χ2v) is 10.0. The highest BCUT2D eigenvalue weighted by Crippen LogP contribution is 2.30. The van der Waals surface area contributed by atoms with Gasteiger partial charge in [0.25, 0.3) is 0 Å². The Balaban J connectivity index is 2.10. The number of nitrogens with one attached hydrogen (secondary N) is 2. The second kappa shape index (κ2) is 11.2. The first-order valence-corrected chi connectivity index (χ1v) is 11.2. The highest BCUT2D eigenvalue weighted by molar-refractivity contribution is 5.81. The number of hydrogen-bond acceptors (Lipinski definition) is 5. The summed E-state index contributed by atoms with van der Waals surface area (Å²) >= 11 is 0. The normalized spacial score (nSPS) is 18.0. The van der Waals surface area contributed by atoms with Crippen molar-refractivity contribution >= 4 is 11.9 Å². The van der Waals surface area contributed by atoms with E-state index in [0.29, 0.717) is 18.4 Å². The molecule has 1 saturated carbocycles. The molecular formula is C24H36F2N2O4. The Kier molecular flexibility index (Phi) is 9.16. The van der Waals surface area contributed by atoms with E-state index in [0.717, 1.165) is 25.3 Å². The van der Waals surface area contributed by atoms with Crippen molar-refractivity contribution in [3.05, 3.63) is 35.4 Å². The molecule has 1 amide bonds. The van der Waals surface area contributed by atoms with E-state index in [1.54, 1.807) is 0 Å². The maximum Gasteiger partial charge on any atom is 0.326 e. The first-order valence-electron chi connectivity index (χ1n) is 11.2. The lowest BCUT2D eigenvalue weighted by molar-refractivity contribution is -0.156. The van der Waals surface area contributed by atoms with Gasteiger partial charge in [0.15, 0.2) is 0 Å². The van der Waals surface area contributed by atoms with E-state index < -0.39 is 29.3 Å². The molecule has 1 aliphatic carbocycles. The minimum absolute atomic E-state index is 0.0212. The number of amides is 1. The summed E-state index contributed by atoms with van der Waals surface area (Å²) in [4.78, 5) is 24.6. The van der Waals surface area contributed by atoms with E-state index in [1.165, 1.54) is 19.1 Å². The molecule has 0 aromatic heterocycles. The first-order chi connectivity index (χ1) is 14.9. The number of benzene rings is 1. The van der Waals surface area contributed by atoms with Gasteiger partial charge in [0.2, 0.25) is 5.91 Å². The van der Waals surface area contributed by atoms with Crippen LogP contribution in [-0.4, -0.2) is 47.8 Å². The van der Waals surface area contributed by atoms with E-state index in [1.807, 2.05) is 20.8 Å². The number of rotatable bonds is 9. The van der Waals surface area contributed by atoms with Gasteiger partial charge in [0.1, 0.15) is 17.2 Å². The smallest absolute Gasteiger partial charge is 0.326 e. The third-order valence-corrected chi connectivity index (χ3v) is 5.61. The average molecular weight is 455 g/mol. The summed E-state index contributed by atoms with van der Waals surface area (Å²) < 4.78 is 32.7. The minimum atomic E-state index is -1.08. The van der Waals surface area contributed by atoms with Gasteiger partial charge < -0.3 is 15.2 Å². The van der Waals surface area contributed by atoms with Gasteiger partial charge in [-0.05, 0) is 42.4 Å². The summed E-state index contributed by atoms with van der Waals surface area (Å²) in [5.74, 6) is -2.15. The fourth-order valence-electron chi connectivity index (χ4n) is 4.00. The summed E-state index contributed by atoms with van der Waals surface area (Å²) in [6, 6.07) is 2.33. The highest BCUT2D eigenvalue weighted by Gasteiger charge is 2.41. The Morgan fingerprint density at radius 1 is 1.12 bits per heavy atom. The summed E-state index contributed by atoms with van der Waals surface area (Å²) in [7, 11) is 0. The van der Waals surface area contributed by atoms with Crippen LogP contribution in [0.5, 0.6) is 0 Å². The van der Waals surface area contributed by atoms with Crippen molar-refractivity contribution in [2.75, 3.05) is 13.2 Å². The average Bonchev–Trinajstić information content (AvgIpc) is 2.68. The number of hydrogen-bond donors (Lipinski definition) is 3. The number of esters is 1. The Morgan fingerprint density at radius 2 is 1.72 bits per heavy atom. The monoisotopic (exact) mass is 454 g/mol. The van der Waals surface area contributed by atoms with E-state index in [2.05, 4.69) is 10.6 Å². The Labute approximate surface area is 189 Å². The van der Waals surface area contributed by atoms with Crippen LogP contribution in [0, 0.1) is 17.0 Å². The van der Waals surface area contributed by atoms with Gasteiger partial charge in [-0.2, -0.15) is 0 Å². The Morgan fingerprint density at radius 3 is 2.25 bits per heavy atom. The van der Waals surface area contributed by atoms with E-state index in [-0.39, 0.29) is 36.9 Å². The van der Waals surface area contributed by atoms with Crippen molar-refractivity contribution in [1.82, 2.24) is 10.6 Å². The Hall–Kier alpha value is -2.06. The van der Waals surface area contributed by atoms with Crippen LogP contribution in [0.3, 0.4) is 0 Å². The van der Waals surface area contributed by atoms with Crippen molar-refractivity contribution in [1.29, 1.82) is 0 Å². The number of aliphatic hydroxyl groups is 1. The topological polar surface area (TPSA) is 87.7 Å². The number of β-amino-alcohol motifs (C(OH)–C–C–N with tert-alkyl or cyclic N) is 1. The fraction of sp³-hybridized carbons (Fsp3) is 0.667. The third kappa shape index (κ3) is 8.13. The molecule has 0 saturated heterocycles. The summed E-state index contributed by atoms with van der Waals surface area (Å²) in [5.41, 5.74) is -0.741. The fourth-order valence-corrected chi connectivity index (χ4v) is 4.00. The quantitative estimate of drug-likeness (QED) is 0.499. The largest absolute Gasteiger partial charge is 0.464 e. The van der Waals surface area contributed by atoms with Gasteiger partial charge in [-0.1, -0.05) is 40.0 Å². The van der Waals surface area contributed by atoms with Crippen molar-refractivity contribution in [3.8, 4) is 0 Å². The number of aliphatic hydroxyl groups excluding tert-OH is 1. The predicted molar refractivity (Wildman–Crippen MR) is 118 cm³/mol. The second-order valence-electron chi connectivity index (χ2n) is 10.0. The zero-order valence-corrected chi connectivity index (χ0v) is 19.5. The summed E-state index contributed by atoms with van der Waals surface area (Å²) in [6.45, 7) is 7.57. The molecule has 180 valence electrons. The molecule has 6 nitrogen and oxygen atoms in total. The van der Waals surface area contributed by atoms with Crippen LogP contribution in [0.15, 0.2) is 18.2 Å². The molecule has 3 N–H and O–H groups in total. The number of carbonyl (C=O) groups excluding carboxylic acids is 2. The lowest BCUT2D eigenvalue weighted by Gasteiger charge is -2.38. The molecule has 1 aromatic rings. The summed E-state index contributed by atoms with van der Waals surface area (Å²) in [6.07, 6.45) is 2.91. The van der Waals surface area contributed by atoms with Crippen LogP contribution < -0.4 is 10.6 Å². The van der Waals surface area contributed by atoms with Crippen molar-refractivity contribution < 1.29 is 28.2 Å².